The number of aliphatic imine (C=N–C) groups is 1. The summed E-state index contributed by atoms with van der Waals surface area (Å²) in [5, 5.41) is 0. The van der Waals surface area contributed by atoms with Crippen LogP contribution in [0.1, 0.15) is 52.5 Å². The van der Waals surface area contributed by atoms with E-state index in [9.17, 15) is 24.0 Å². The highest BCUT2D eigenvalue weighted by Gasteiger charge is 2.50. The maximum absolute atomic E-state index is 12.1. The van der Waals surface area contributed by atoms with Gasteiger partial charge in [-0.25, -0.2) is 4.99 Å². The van der Waals surface area contributed by atoms with Crippen molar-refractivity contribution in [1.29, 1.82) is 0 Å². The Morgan fingerprint density at radius 3 is 2.15 bits per heavy atom. The number of unbranched alkanes of at least 4 members (excludes halogenated alkanes) is 1. The highest BCUT2D eigenvalue weighted by molar-refractivity contribution is 5.84. The lowest BCUT2D eigenvalue weighted by Gasteiger charge is -2.43. The fourth-order valence-electron chi connectivity index (χ4n) is 3.81. The van der Waals surface area contributed by atoms with Crippen LogP contribution in [0.4, 0.5) is 0 Å². The van der Waals surface area contributed by atoms with Crippen molar-refractivity contribution in [3.63, 3.8) is 0 Å². The Balaban J connectivity index is 2.06. The first-order valence-electron chi connectivity index (χ1n) is 12.6. The average Bonchev–Trinajstić information content (AvgIpc) is 2.87. The van der Waals surface area contributed by atoms with Crippen molar-refractivity contribution >= 4 is 36.0 Å². The quantitative estimate of drug-likeness (QED) is 0.154. The molecule has 1 unspecified atom stereocenters. The van der Waals surface area contributed by atoms with Crippen LogP contribution in [0.25, 0.3) is 0 Å². The van der Waals surface area contributed by atoms with Gasteiger partial charge in [-0.2, -0.15) is 0 Å². The second-order valence-electron chi connectivity index (χ2n) is 8.84. The van der Waals surface area contributed by atoms with Crippen LogP contribution in [-0.4, -0.2) is 73.8 Å². The molecular weight excluding hydrogens is 514 g/mol. The summed E-state index contributed by atoms with van der Waals surface area (Å²) in [7, 11) is 0. The highest BCUT2D eigenvalue weighted by Crippen LogP contribution is 2.31. The van der Waals surface area contributed by atoms with Gasteiger partial charge >= 0.3 is 23.9 Å². The van der Waals surface area contributed by atoms with E-state index in [2.05, 4.69) is 4.99 Å². The highest BCUT2D eigenvalue weighted by atomic mass is 16.7. The van der Waals surface area contributed by atoms with Gasteiger partial charge in [-0.3, -0.25) is 24.0 Å². The molecule has 2 rings (SSSR count). The fourth-order valence-corrected chi connectivity index (χ4v) is 3.81. The first kappa shape index (κ1) is 31.6. The van der Waals surface area contributed by atoms with Gasteiger partial charge in [-0.1, -0.05) is 30.3 Å². The summed E-state index contributed by atoms with van der Waals surface area (Å²) in [5.74, 6) is -3.77. The Labute approximate surface area is 226 Å². The van der Waals surface area contributed by atoms with E-state index in [4.69, 9.17) is 28.4 Å². The van der Waals surface area contributed by atoms with Crippen LogP contribution in [-0.2, 0) is 59.0 Å². The Kier molecular flexibility index (Phi) is 13.2. The second kappa shape index (κ2) is 16.4. The minimum Gasteiger partial charge on any atom is -0.463 e. The van der Waals surface area contributed by atoms with Crippen LogP contribution in [0, 0.1) is 5.92 Å². The van der Waals surface area contributed by atoms with Gasteiger partial charge in [-0.05, 0) is 18.4 Å². The van der Waals surface area contributed by atoms with E-state index in [0.717, 1.165) is 5.56 Å². The molecule has 1 heterocycles. The molecule has 5 atom stereocenters. The van der Waals surface area contributed by atoms with Gasteiger partial charge in [0.25, 0.3) is 0 Å². The van der Waals surface area contributed by atoms with Crippen molar-refractivity contribution in [2.45, 2.75) is 78.2 Å². The van der Waals surface area contributed by atoms with Gasteiger partial charge in [0.05, 0.1) is 5.92 Å². The smallest absolute Gasteiger partial charge is 0.306 e. The number of nitrogens with zero attached hydrogens (tertiary/aromatic N) is 1. The molecule has 1 aliphatic rings. The molecule has 12 nitrogen and oxygen atoms in total. The van der Waals surface area contributed by atoms with Gasteiger partial charge in [-0.15, -0.1) is 0 Å². The molecule has 1 fully saturated rings. The number of ether oxygens (including phenoxy) is 6. The molecule has 0 aromatic heterocycles. The molecule has 39 heavy (non-hydrogen) atoms. The van der Waals surface area contributed by atoms with Crippen LogP contribution in [0.15, 0.2) is 35.3 Å². The first-order chi connectivity index (χ1) is 18.6. The lowest BCUT2D eigenvalue weighted by Crippen LogP contribution is -2.59. The molecule has 0 aliphatic carbocycles. The topological polar surface area (TPSA) is 153 Å². The van der Waals surface area contributed by atoms with Gasteiger partial charge in [0.2, 0.25) is 5.91 Å². The number of amides is 1. The molecule has 0 N–H and O–H groups in total. The number of hydrogen-bond donors (Lipinski definition) is 0. The SMILES string of the molecule is CC(=O)N=CC1[C@H](OCCCCC(=O)OCc2ccccc2)O[C@H](COC(C)=O)[C@H](OC(C)=O)[C@@H]1OC(C)=O. The molecule has 1 amide bonds. The van der Waals surface area contributed by atoms with E-state index >= 15 is 0 Å². The van der Waals surface area contributed by atoms with Gasteiger partial charge in [0.15, 0.2) is 18.5 Å². The van der Waals surface area contributed by atoms with Crippen molar-refractivity contribution in [2.24, 2.45) is 10.9 Å². The molecule has 1 aromatic carbocycles. The predicted octanol–water partition coefficient (Wildman–Crippen LogP) is 2.30. The average molecular weight is 550 g/mol. The van der Waals surface area contributed by atoms with Gasteiger partial charge in [0.1, 0.15) is 19.3 Å². The lowest BCUT2D eigenvalue weighted by atomic mass is 9.91. The van der Waals surface area contributed by atoms with Crippen molar-refractivity contribution in [3.8, 4) is 0 Å². The molecule has 0 spiro atoms. The molecule has 12 heteroatoms. The summed E-state index contributed by atoms with van der Waals surface area (Å²) in [6.07, 6.45) is -2.15. The van der Waals surface area contributed by atoms with Gasteiger partial charge < -0.3 is 28.4 Å². The molecule has 0 saturated carbocycles. The molecule has 1 saturated heterocycles. The minimum atomic E-state index is -1.17. The van der Waals surface area contributed by atoms with E-state index < -0.39 is 54.3 Å². The van der Waals surface area contributed by atoms with Crippen molar-refractivity contribution in [2.75, 3.05) is 13.2 Å². The van der Waals surface area contributed by atoms with Crippen LogP contribution in [0.2, 0.25) is 0 Å². The lowest BCUT2D eigenvalue weighted by molar-refractivity contribution is -0.279. The van der Waals surface area contributed by atoms with Gasteiger partial charge in [0, 0.05) is 46.9 Å². The number of hydrogen-bond acceptors (Lipinski definition) is 11. The maximum atomic E-state index is 12.1. The normalized spacial score (nSPS) is 22.6. The Morgan fingerprint density at radius 2 is 1.54 bits per heavy atom. The third-order valence-corrected chi connectivity index (χ3v) is 5.48. The summed E-state index contributed by atoms with van der Waals surface area (Å²) in [4.78, 5) is 62.6. The molecule has 0 bridgehead atoms. The van der Waals surface area contributed by atoms with E-state index in [1.807, 2.05) is 30.3 Å². The fraction of sp³-hybridized carbons (Fsp3) is 0.556. The zero-order valence-electron chi connectivity index (χ0n) is 22.5. The largest absolute Gasteiger partial charge is 0.463 e. The predicted molar refractivity (Wildman–Crippen MR) is 135 cm³/mol. The second-order valence-corrected chi connectivity index (χ2v) is 8.84. The van der Waals surface area contributed by atoms with Crippen LogP contribution in [0.3, 0.4) is 0 Å². The molecular formula is C27H35NO11. The van der Waals surface area contributed by atoms with E-state index in [1.165, 1.54) is 33.9 Å². The summed E-state index contributed by atoms with van der Waals surface area (Å²) >= 11 is 0. The van der Waals surface area contributed by atoms with Crippen LogP contribution < -0.4 is 0 Å². The van der Waals surface area contributed by atoms with Crippen LogP contribution >= 0.6 is 0 Å². The Hall–Kier alpha value is -3.64. The Morgan fingerprint density at radius 1 is 0.872 bits per heavy atom. The number of carbonyl (C=O) groups is 5. The van der Waals surface area contributed by atoms with Crippen LogP contribution in [0.5, 0.6) is 0 Å². The first-order valence-corrected chi connectivity index (χ1v) is 12.6. The molecule has 0 radical (unpaired) electrons. The molecule has 1 aromatic rings. The number of rotatable bonds is 13. The number of esters is 4. The zero-order valence-corrected chi connectivity index (χ0v) is 22.5. The van der Waals surface area contributed by atoms with Crippen molar-refractivity contribution in [1.82, 2.24) is 0 Å². The minimum absolute atomic E-state index is 0.131. The summed E-state index contributed by atoms with van der Waals surface area (Å²) < 4.78 is 33.0. The number of benzene rings is 1. The third-order valence-electron chi connectivity index (χ3n) is 5.48. The van der Waals surface area contributed by atoms with E-state index in [-0.39, 0.29) is 32.2 Å². The third kappa shape index (κ3) is 11.7. The molecule has 214 valence electrons. The summed E-state index contributed by atoms with van der Waals surface area (Å²) in [6, 6.07) is 9.32. The molecule has 1 aliphatic heterocycles. The monoisotopic (exact) mass is 549 g/mol. The van der Waals surface area contributed by atoms with Crippen molar-refractivity contribution < 1.29 is 52.4 Å². The van der Waals surface area contributed by atoms with Crippen molar-refractivity contribution in [3.05, 3.63) is 35.9 Å². The van der Waals surface area contributed by atoms with E-state index in [1.54, 1.807) is 0 Å². The van der Waals surface area contributed by atoms with E-state index in [0.29, 0.717) is 12.8 Å². The summed E-state index contributed by atoms with van der Waals surface area (Å²) in [6.45, 7) is 4.79. The Bertz CT molecular complexity index is 1010. The maximum Gasteiger partial charge on any atom is 0.306 e. The number of carbonyl (C=O) groups excluding carboxylic acids is 5. The zero-order chi connectivity index (χ0) is 28.8. The summed E-state index contributed by atoms with van der Waals surface area (Å²) in [5.41, 5.74) is 0.889. The standard InChI is InChI=1S/C27H35NO11/c1-17(29)28-14-22-25(37-19(3)31)26(38-20(4)32)23(16-35-18(2)30)39-27(22)34-13-9-8-12-24(33)36-15-21-10-6-5-7-11-21/h5-7,10-11,14,22-23,25-27H,8-9,12-13,15-16H2,1-4H3/t22?,23-,25-,26+,27-/m1/s1.